The van der Waals surface area contributed by atoms with Gasteiger partial charge in [-0.1, -0.05) is 60.3 Å². The highest BCUT2D eigenvalue weighted by Gasteiger charge is 2.19. The fraction of sp³-hybridized carbons (Fsp3) is 0.333. The van der Waals surface area contributed by atoms with E-state index in [9.17, 15) is 4.79 Å². The second-order valence-electron chi connectivity index (χ2n) is 6.45. The molecule has 2 aromatic rings. The van der Waals surface area contributed by atoms with Crippen LogP contribution in [0.5, 0.6) is 0 Å². The van der Waals surface area contributed by atoms with E-state index in [2.05, 4.69) is 17.0 Å². The summed E-state index contributed by atoms with van der Waals surface area (Å²) >= 11 is 1.52. The lowest BCUT2D eigenvalue weighted by Gasteiger charge is -2.22. The molecule has 0 aromatic heterocycles. The highest BCUT2D eigenvalue weighted by Crippen LogP contribution is 2.19. The Morgan fingerprint density at radius 1 is 1.04 bits per heavy atom. The zero-order valence-electron chi connectivity index (χ0n) is 15.2. The number of aliphatic imine (C=N–C) groups is 1. The van der Waals surface area contributed by atoms with Crippen LogP contribution in [-0.2, 0) is 11.3 Å². The Bertz CT molecular complexity index is 727. The van der Waals surface area contributed by atoms with Gasteiger partial charge in [-0.2, -0.15) is 0 Å². The molecule has 1 amide bonds. The molecule has 0 aliphatic carbocycles. The average Bonchev–Trinajstić information content (AvgIpc) is 3.21. The molecule has 0 spiro atoms. The molecule has 0 radical (unpaired) electrons. The number of hydrogen-bond donors (Lipinski definition) is 0. The minimum Gasteiger partial charge on any atom is -0.350 e. The molecule has 1 aliphatic heterocycles. The van der Waals surface area contributed by atoms with Gasteiger partial charge < -0.3 is 9.80 Å². The van der Waals surface area contributed by atoms with Crippen LogP contribution in [0, 0.1) is 0 Å². The molecular formula is C21H25N3OS. The summed E-state index contributed by atoms with van der Waals surface area (Å²) in [6, 6.07) is 20.2. The van der Waals surface area contributed by atoms with Crippen molar-refractivity contribution < 1.29 is 4.79 Å². The first-order valence-corrected chi connectivity index (χ1v) is 10.0. The van der Waals surface area contributed by atoms with Crippen LogP contribution in [0.1, 0.15) is 18.4 Å². The fourth-order valence-corrected chi connectivity index (χ4v) is 3.84. The lowest BCUT2D eigenvalue weighted by Crippen LogP contribution is -2.31. The van der Waals surface area contributed by atoms with Gasteiger partial charge >= 0.3 is 0 Å². The van der Waals surface area contributed by atoms with E-state index in [0.717, 1.165) is 43.3 Å². The Hall–Kier alpha value is -2.27. The van der Waals surface area contributed by atoms with Crippen LogP contribution in [0.2, 0.25) is 0 Å². The van der Waals surface area contributed by atoms with E-state index in [1.807, 2.05) is 60.5 Å². The number of benzene rings is 2. The van der Waals surface area contributed by atoms with E-state index in [1.54, 1.807) is 0 Å². The van der Waals surface area contributed by atoms with E-state index in [1.165, 1.54) is 17.3 Å². The molecule has 1 aliphatic rings. The van der Waals surface area contributed by atoms with Crippen LogP contribution in [0.3, 0.4) is 0 Å². The standard InChI is InChI=1S/C21H25N3OS/c1-23(16-18-10-4-2-5-11-18)21(22-19-12-6-3-7-13-19)26-17-20(25)24-14-8-9-15-24/h2-7,10-13H,8-9,14-17H2,1H3. The number of rotatable bonds is 5. The van der Waals surface area contributed by atoms with Crippen LogP contribution in [0.15, 0.2) is 65.7 Å². The highest BCUT2D eigenvalue weighted by atomic mass is 32.2. The molecule has 0 bridgehead atoms. The first kappa shape index (κ1) is 18.5. The lowest BCUT2D eigenvalue weighted by atomic mass is 10.2. The minimum atomic E-state index is 0.210. The molecule has 26 heavy (non-hydrogen) atoms. The van der Waals surface area contributed by atoms with Crippen molar-refractivity contribution in [2.45, 2.75) is 19.4 Å². The molecule has 0 saturated carbocycles. The average molecular weight is 368 g/mol. The maximum Gasteiger partial charge on any atom is 0.233 e. The third-order valence-corrected chi connectivity index (χ3v) is 5.41. The molecule has 2 aromatic carbocycles. The van der Waals surface area contributed by atoms with Crippen molar-refractivity contribution in [2.75, 3.05) is 25.9 Å². The van der Waals surface area contributed by atoms with Gasteiger partial charge in [0.15, 0.2) is 5.17 Å². The van der Waals surface area contributed by atoms with Gasteiger partial charge in [0.05, 0.1) is 11.4 Å². The number of nitrogens with zero attached hydrogens (tertiary/aromatic N) is 3. The van der Waals surface area contributed by atoms with Crippen LogP contribution >= 0.6 is 11.8 Å². The number of amides is 1. The zero-order chi connectivity index (χ0) is 18.2. The largest absolute Gasteiger partial charge is 0.350 e. The molecule has 3 rings (SSSR count). The maximum absolute atomic E-state index is 12.4. The lowest BCUT2D eigenvalue weighted by molar-refractivity contribution is -0.127. The van der Waals surface area contributed by atoms with Gasteiger partial charge in [-0.3, -0.25) is 4.79 Å². The van der Waals surface area contributed by atoms with Crippen molar-refractivity contribution in [3.8, 4) is 0 Å². The molecule has 4 nitrogen and oxygen atoms in total. The highest BCUT2D eigenvalue weighted by molar-refractivity contribution is 8.14. The second kappa shape index (κ2) is 9.43. The summed E-state index contributed by atoms with van der Waals surface area (Å²) in [7, 11) is 2.03. The SMILES string of the molecule is CN(Cc1ccccc1)C(=Nc1ccccc1)SCC(=O)N1CCCC1. The predicted molar refractivity (Wildman–Crippen MR) is 110 cm³/mol. The van der Waals surface area contributed by atoms with E-state index < -0.39 is 0 Å². The smallest absolute Gasteiger partial charge is 0.233 e. The Morgan fingerprint density at radius 3 is 2.31 bits per heavy atom. The number of amidine groups is 1. The number of likely N-dealkylation sites (tertiary alicyclic amines) is 1. The number of thioether (sulfide) groups is 1. The van der Waals surface area contributed by atoms with Crippen molar-refractivity contribution in [3.63, 3.8) is 0 Å². The van der Waals surface area contributed by atoms with Gasteiger partial charge in [0.25, 0.3) is 0 Å². The maximum atomic E-state index is 12.4. The van der Waals surface area contributed by atoms with Crippen molar-refractivity contribution in [3.05, 3.63) is 66.2 Å². The number of carbonyl (C=O) groups is 1. The third kappa shape index (κ3) is 5.36. The van der Waals surface area contributed by atoms with Crippen LogP contribution < -0.4 is 0 Å². The van der Waals surface area contributed by atoms with Crippen molar-refractivity contribution in [1.29, 1.82) is 0 Å². The van der Waals surface area contributed by atoms with Gasteiger partial charge in [-0.05, 0) is 30.5 Å². The van der Waals surface area contributed by atoms with Crippen LogP contribution in [0.4, 0.5) is 5.69 Å². The molecule has 1 fully saturated rings. The van der Waals surface area contributed by atoms with Crippen LogP contribution in [0.25, 0.3) is 0 Å². The first-order chi connectivity index (χ1) is 12.7. The molecule has 0 atom stereocenters. The summed E-state index contributed by atoms with van der Waals surface area (Å²) in [6.45, 7) is 2.55. The third-order valence-electron chi connectivity index (χ3n) is 4.35. The number of para-hydroxylation sites is 1. The van der Waals surface area contributed by atoms with Crippen molar-refractivity contribution in [2.24, 2.45) is 4.99 Å². The fourth-order valence-electron chi connectivity index (χ4n) is 2.95. The van der Waals surface area contributed by atoms with Crippen molar-refractivity contribution >= 4 is 28.5 Å². The summed E-state index contributed by atoms with van der Waals surface area (Å²) in [6.07, 6.45) is 2.24. The van der Waals surface area contributed by atoms with Gasteiger partial charge in [0, 0.05) is 26.7 Å². The Balaban J connectivity index is 1.70. The Kier molecular flexibility index (Phi) is 6.72. The van der Waals surface area contributed by atoms with Crippen molar-refractivity contribution in [1.82, 2.24) is 9.80 Å². The summed E-state index contributed by atoms with van der Waals surface area (Å²) in [5.74, 6) is 0.645. The summed E-state index contributed by atoms with van der Waals surface area (Å²) in [5.41, 5.74) is 2.13. The quantitative estimate of drug-likeness (QED) is 0.588. The summed E-state index contributed by atoms with van der Waals surface area (Å²) < 4.78 is 0. The molecule has 0 unspecified atom stereocenters. The molecule has 1 heterocycles. The zero-order valence-corrected chi connectivity index (χ0v) is 16.0. The molecule has 1 saturated heterocycles. The normalized spacial score (nSPS) is 14.5. The second-order valence-corrected chi connectivity index (χ2v) is 7.39. The molecular weight excluding hydrogens is 342 g/mol. The molecule has 0 N–H and O–H groups in total. The van der Waals surface area contributed by atoms with E-state index in [0.29, 0.717) is 5.75 Å². The summed E-state index contributed by atoms with van der Waals surface area (Å²) in [4.78, 5) is 21.3. The van der Waals surface area contributed by atoms with E-state index >= 15 is 0 Å². The van der Waals surface area contributed by atoms with Gasteiger partial charge in [-0.25, -0.2) is 4.99 Å². The molecule has 136 valence electrons. The van der Waals surface area contributed by atoms with Gasteiger partial charge in [0.2, 0.25) is 5.91 Å². The van der Waals surface area contributed by atoms with Gasteiger partial charge in [0.1, 0.15) is 0 Å². The minimum absolute atomic E-state index is 0.210. The topological polar surface area (TPSA) is 35.9 Å². The van der Waals surface area contributed by atoms with Crippen LogP contribution in [-0.4, -0.2) is 46.8 Å². The number of carbonyl (C=O) groups excluding carboxylic acids is 1. The van der Waals surface area contributed by atoms with Gasteiger partial charge in [-0.15, -0.1) is 0 Å². The summed E-state index contributed by atoms with van der Waals surface area (Å²) in [5, 5.41) is 0.868. The predicted octanol–water partition coefficient (Wildman–Crippen LogP) is 4.16. The first-order valence-electron chi connectivity index (χ1n) is 9.02. The molecule has 5 heteroatoms. The monoisotopic (exact) mass is 367 g/mol. The number of hydrogen-bond acceptors (Lipinski definition) is 3. The van der Waals surface area contributed by atoms with E-state index in [-0.39, 0.29) is 5.91 Å². The Labute approximate surface area is 159 Å². The van der Waals surface area contributed by atoms with E-state index in [4.69, 9.17) is 4.99 Å². The Morgan fingerprint density at radius 2 is 1.65 bits per heavy atom.